The molecule has 9 heteroatoms. The maximum atomic E-state index is 13.2. The van der Waals surface area contributed by atoms with Crippen LogP contribution in [-0.4, -0.2) is 67.4 Å². The number of ether oxygens (including phenoxy) is 1. The molecular weight excluding hydrogens is 383 g/mol. The molecule has 2 aliphatic heterocycles. The quantitative estimate of drug-likeness (QED) is 0.777. The van der Waals surface area contributed by atoms with Crippen LogP contribution in [-0.2, 0) is 17.5 Å². The number of aromatic nitrogens is 2. The summed E-state index contributed by atoms with van der Waals surface area (Å²) >= 11 is 0. The Morgan fingerprint density at radius 1 is 0.897 bits per heavy atom. The van der Waals surface area contributed by atoms with E-state index in [0.717, 1.165) is 25.0 Å². The Balaban J connectivity index is 1.38. The fourth-order valence-corrected chi connectivity index (χ4v) is 3.74. The first kappa shape index (κ1) is 19.9. The Kier molecular flexibility index (Phi) is 5.86. The third-order valence-electron chi connectivity index (χ3n) is 5.34. The minimum absolute atomic E-state index is 0.290. The van der Waals surface area contributed by atoms with E-state index in [1.165, 1.54) is 6.07 Å². The second-order valence-electron chi connectivity index (χ2n) is 7.23. The fourth-order valence-electron chi connectivity index (χ4n) is 3.74. The van der Waals surface area contributed by atoms with Gasteiger partial charge in [-0.25, -0.2) is 4.98 Å². The van der Waals surface area contributed by atoms with Crippen LogP contribution in [0.3, 0.4) is 0 Å². The molecule has 0 amide bonds. The lowest BCUT2D eigenvalue weighted by molar-refractivity contribution is -0.138. The molecule has 0 saturated carbocycles. The third kappa shape index (κ3) is 4.79. The van der Waals surface area contributed by atoms with Gasteiger partial charge < -0.3 is 14.5 Å². The zero-order chi connectivity index (χ0) is 20.3. The number of piperazine rings is 1. The van der Waals surface area contributed by atoms with Crippen molar-refractivity contribution in [3.05, 3.63) is 47.7 Å². The molecule has 0 aliphatic carbocycles. The summed E-state index contributed by atoms with van der Waals surface area (Å²) in [4.78, 5) is 15.4. The summed E-state index contributed by atoms with van der Waals surface area (Å²) in [7, 11) is 0. The van der Waals surface area contributed by atoms with E-state index in [-0.39, 0.29) is 6.54 Å². The number of benzene rings is 1. The Morgan fingerprint density at radius 2 is 1.62 bits per heavy atom. The number of hydrogen-bond acceptors (Lipinski definition) is 6. The highest BCUT2D eigenvalue weighted by atomic mass is 19.4. The van der Waals surface area contributed by atoms with Gasteiger partial charge in [0.15, 0.2) is 0 Å². The van der Waals surface area contributed by atoms with Crippen molar-refractivity contribution in [2.24, 2.45) is 0 Å². The second kappa shape index (κ2) is 8.54. The number of halogens is 3. The van der Waals surface area contributed by atoms with E-state index < -0.39 is 11.7 Å². The molecular formula is C20H24F3N5O. The first-order valence-corrected chi connectivity index (χ1v) is 9.79. The molecule has 0 N–H and O–H groups in total. The molecule has 0 atom stereocenters. The molecule has 2 aromatic rings. The lowest BCUT2D eigenvalue weighted by Crippen LogP contribution is -2.47. The second-order valence-corrected chi connectivity index (χ2v) is 7.23. The van der Waals surface area contributed by atoms with E-state index in [0.29, 0.717) is 50.9 Å². The first-order valence-electron chi connectivity index (χ1n) is 9.79. The first-order chi connectivity index (χ1) is 14.0. The van der Waals surface area contributed by atoms with Gasteiger partial charge in [-0.3, -0.25) is 4.90 Å². The molecule has 0 radical (unpaired) electrons. The van der Waals surface area contributed by atoms with Gasteiger partial charge in [0, 0.05) is 52.0 Å². The van der Waals surface area contributed by atoms with Gasteiger partial charge in [-0.15, -0.1) is 0 Å². The molecule has 6 nitrogen and oxygen atoms in total. The van der Waals surface area contributed by atoms with E-state index >= 15 is 0 Å². The van der Waals surface area contributed by atoms with Crippen LogP contribution in [0.5, 0.6) is 0 Å². The lowest BCUT2D eigenvalue weighted by Gasteiger charge is -2.35. The number of hydrogen-bond donors (Lipinski definition) is 0. The number of alkyl halides is 3. The summed E-state index contributed by atoms with van der Waals surface area (Å²) in [5.41, 5.74) is -0.233. The van der Waals surface area contributed by atoms with Crippen LogP contribution >= 0.6 is 0 Å². The van der Waals surface area contributed by atoms with Crippen molar-refractivity contribution in [2.45, 2.75) is 12.7 Å². The van der Waals surface area contributed by atoms with Crippen LogP contribution in [0.4, 0.5) is 24.9 Å². The van der Waals surface area contributed by atoms with Gasteiger partial charge in [-0.1, -0.05) is 18.2 Å². The van der Waals surface area contributed by atoms with E-state index in [9.17, 15) is 13.2 Å². The number of rotatable bonds is 4. The highest BCUT2D eigenvalue weighted by molar-refractivity contribution is 5.44. The van der Waals surface area contributed by atoms with Crippen LogP contribution in [0, 0.1) is 0 Å². The zero-order valence-electron chi connectivity index (χ0n) is 16.1. The molecule has 2 aliphatic rings. The standard InChI is InChI=1S/C20H24F3N5O/c21-20(22,23)17-4-2-1-3-16(17)15-26-7-9-28(10-8-26)19-24-6-5-18(25-19)27-11-13-29-14-12-27/h1-6H,7-15H2. The molecule has 3 heterocycles. The zero-order valence-corrected chi connectivity index (χ0v) is 16.1. The molecule has 156 valence electrons. The van der Waals surface area contributed by atoms with Gasteiger partial charge in [-0.2, -0.15) is 18.2 Å². The SMILES string of the molecule is FC(F)(F)c1ccccc1CN1CCN(c2nccc(N3CCOCC3)n2)CC1. The van der Waals surface area contributed by atoms with E-state index in [1.54, 1.807) is 18.3 Å². The minimum atomic E-state index is -4.33. The number of anilines is 2. The normalized spacial score (nSPS) is 18.9. The molecule has 29 heavy (non-hydrogen) atoms. The Morgan fingerprint density at radius 3 is 2.34 bits per heavy atom. The molecule has 0 bridgehead atoms. The van der Waals surface area contributed by atoms with Gasteiger partial charge in [0.2, 0.25) is 5.95 Å². The summed E-state index contributed by atoms with van der Waals surface area (Å²) < 4.78 is 45.1. The molecule has 0 unspecified atom stereocenters. The van der Waals surface area contributed by atoms with E-state index in [4.69, 9.17) is 9.72 Å². The molecule has 2 fully saturated rings. The van der Waals surface area contributed by atoms with Crippen LogP contribution in [0.15, 0.2) is 36.5 Å². The molecule has 1 aromatic carbocycles. The maximum Gasteiger partial charge on any atom is 0.416 e. The summed E-state index contributed by atoms with van der Waals surface area (Å²) in [6.45, 7) is 5.98. The van der Waals surface area contributed by atoms with Crippen molar-refractivity contribution in [2.75, 3.05) is 62.3 Å². The van der Waals surface area contributed by atoms with Crippen molar-refractivity contribution < 1.29 is 17.9 Å². The Labute approximate surface area is 167 Å². The van der Waals surface area contributed by atoms with E-state index in [1.807, 2.05) is 11.0 Å². The highest BCUT2D eigenvalue weighted by Gasteiger charge is 2.33. The average Bonchev–Trinajstić information content (AvgIpc) is 2.75. The minimum Gasteiger partial charge on any atom is -0.378 e. The van der Waals surface area contributed by atoms with Crippen LogP contribution < -0.4 is 9.80 Å². The fraction of sp³-hybridized carbons (Fsp3) is 0.500. The molecule has 1 aromatic heterocycles. The summed E-state index contributed by atoms with van der Waals surface area (Å²) in [5.74, 6) is 1.56. The van der Waals surface area contributed by atoms with Gasteiger partial charge in [-0.05, 0) is 17.7 Å². The number of morpholine rings is 1. The van der Waals surface area contributed by atoms with Gasteiger partial charge in [0.25, 0.3) is 0 Å². The van der Waals surface area contributed by atoms with Gasteiger partial charge in [0.1, 0.15) is 5.82 Å². The Hall–Kier alpha value is -2.39. The van der Waals surface area contributed by atoms with Crippen molar-refractivity contribution in [1.82, 2.24) is 14.9 Å². The Bertz CT molecular complexity index is 818. The van der Waals surface area contributed by atoms with Crippen LogP contribution in [0.2, 0.25) is 0 Å². The largest absolute Gasteiger partial charge is 0.416 e. The summed E-state index contributed by atoms with van der Waals surface area (Å²) in [6.07, 6.45) is -2.56. The monoisotopic (exact) mass is 407 g/mol. The van der Waals surface area contributed by atoms with Gasteiger partial charge >= 0.3 is 6.18 Å². The highest BCUT2D eigenvalue weighted by Crippen LogP contribution is 2.32. The van der Waals surface area contributed by atoms with Crippen LogP contribution in [0.25, 0.3) is 0 Å². The molecule has 0 spiro atoms. The van der Waals surface area contributed by atoms with Crippen molar-refractivity contribution in [3.8, 4) is 0 Å². The third-order valence-corrected chi connectivity index (χ3v) is 5.34. The number of nitrogens with zero attached hydrogens (tertiary/aromatic N) is 5. The maximum absolute atomic E-state index is 13.2. The van der Waals surface area contributed by atoms with Crippen LogP contribution in [0.1, 0.15) is 11.1 Å². The summed E-state index contributed by atoms with van der Waals surface area (Å²) in [5, 5.41) is 0. The van der Waals surface area contributed by atoms with Crippen molar-refractivity contribution >= 4 is 11.8 Å². The lowest BCUT2D eigenvalue weighted by atomic mass is 10.1. The van der Waals surface area contributed by atoms with Crippen molar-refractivity contribution in [1.29, 1.82) is 0 Å². The molecule has 2 saturated heterocycles. The van der Waals surface area contributed by atoms with Crippen molar-refractivity contribution in [3.63, 3.8) is 0 Å². The van der Waals surface area contributed by atoms with Gasteiger partial charge in [0.05, 0.1) is 18.8 Å². The van der Waals surface area contributed by atoms with E-state index in [2.05, 4.69) is 14.8 Å². The summed E-state index contributed by atoms with van der Waals surface area (Å²) in [6, 6.07) is 7.70. The molecule has 4 rings (SSSR count). The average molecular weight is 407 g/mol. The predicted octanol–water partition coefficient (Wildman–Crippen LogP) is 2.65. The predicted molar refractivity (Wildman–Crippen MR) is 104 cm³/mol. The topological polar surface area (TPSA) is 44.7 Å². The smallest absolute Gasteiger partial charge is 0.378 e.